The maximum Gasteiger partial charge on any atom is 0.119 e. The van der Waals surface area contributed by atoms with Crippen LogP contribution in [0.2, 0.25) is 0 Å². The van der Waals surface area contributed by atoms with E-state index in [1.807, 2.05) is 12.1 Å². The van der Waals surface area contributed by atoms with Crippen LogP contribution in [0.1, 0.15) is 24.8 Å². The van der Waals surface area contributed by atoms with E-state index in [2.05, 4.69) is 17.0 Å². The van der Waals surface area contributed by atoms with Crippen LogP contribution in [0.4, 0.5) is 0 Å². The first-order chi connectivity index (χ1) is 8.29. The number of methoxy groups -OCH3 is 1. The van der Waals surface area contributed by atoms with Gasteiger partial charge in [-0.1, -0.05) is 24.4 Å². The molecule has 0 spiro atoms. The highest BCUT2D eigenvalue weighted by Crippen LogP contribution is 2.16. The van der Waals surface area contributed by atoms with Crippen LogP contribution in [0, 0.1) is 0 Å². The number of ether oxygens (including phenoxy) is 1. The molecule has 0 bridgehead atoms. The van der Waals surface area contributed by atoms with Crippen molar-refractivity contribution >= 4 is 17.2 Å². The van der Waals surface area contributed by atoms with Crippen molar-refractivity contribution in [3.63, 3.8) is 0 Å². The van der Waals surface area contributed by atoms with Gasteiger partial charge in [-0.25, -0.2) is 0 Å². The minimum atomic E-state index is 0.854. The average Bonchev–Trinajstić information content (AvgIpc) is 2.40. The van der Waals surface area contributed by atoms with Gasteiger partial charge in [0.1, 0.15) is 5.75 Å². The molecule has 0 aromatic heterocycles. The Kier molecular flexibility index (Phi) is 4.37. The highest BCUT2D eigenvalue weighted by Gasteiger charge is 2.13. The molecule has 3 heteroatoms. The van der Waals surface area contributed by atoms with Gasteiger partial charge in [0, 0.05) is 19.5 Å². The molecule has 0 saturated carbocycles. The number of nitrogens with zero attached hydrogens (tertiary/aromatic N) is 1. The number of thiocarbonyl (C=S) groups is 1. The minimum Gasteiger partial charge on any atom is -0.497 e. The fraction of sp³-hybridized carbons (Fsp3) is 0.500. The van der Waals surface area contributed by atoms with E-state index in [0.717, 1.165) is 30.2 Å². The van der Waals surface area contributed by atoms with Crippen LogP contribution in [-0.2, 0) is 6.42 Å². The van der Waals surface area contributed by atoms with Gasteiger partial charge in [-0.15, -0.1) is 0 Å². The molecule has 0 N–H and O–H groups in total. The van der Waals surface area contributed by atoms with Gasteiger partial charge in [-0.2, -0.15) is 0 Å². The van der Waals surface area contributed by atoms with Gasteiger partial charge in [0.2, 0.25) is 0 Å². The highest BCUT2D eigenvalue weighted by atomic mass is 32.1. The van der Waals surface area contributed by atoms with E-state index in [9.17, 15) is 0 Å². The minimum absolute atomic E-state index is 0.854. The molecule has 1 aromatic carbocycles. The van der Waals surface area contributed by atoms with Gasteiger partial charge in [-0.05, 0) is 37.0 Å². The topological polar surface area (TPSA) is 12.5 Å². The Morgan fingerprint density at radius 2 is 2.06 bits per heavy atom. The Balaban J connectivity index is 1.96. The van der Waals surface area contributed by atoms with Gasteiger partial charge in [-0.3, -0.25) is 0 Å². The Labute approximate surface area is 109 Å². The third-order valence-electron chi connectivity index (χ3n) is 3.20. The Morgan fingerprint density at radius 3 is 2.76 bits per heavy atom. The van der Waals surface area contributed by atoms with Gasteiger partial charge < -0.3 is 9.64 Å². The quantitative estimate of drug-likeness (QED) is 0.764. The standard InChI is InChI=1S/C14H19NOS/c1-16-13-7-5-6-12(10-13)11-14(17)15-8-3-2-4-9-15/h5-7,10H,2-4,8-9,11H2,1H3. The van der Waals surface area contributed by atoms with Crippen LogP contribution < -0.4 is 4.74 Å². The summed E-state index contributed by atoms with van der Waals surface area (Å²) in [6, 6.07) is 8.16. The Hall–Kier alpha value is -1.09. The molecular formula is C14H19NOS. The summed E-state index contributed by atoms with van der Waals surface area (Å²) in [6.07, 6.45) is 4.75. The van der Waals surface area contributed by atoms with Crippen LogP contribution >= 0.6 is 12.2 Å². The molecule has 1 fully saturated rings. The fourth-order valence-corrected chi connectivity index (χ4v) is 2.56. The van der Waals surface area contributed by atoms with Gasteiger partial charge >= 0.3 is 0 Å². The summed E-state index contributed by atoms with van der Waals surface area (Å²) in [6.45, 7) is 2.26. The Morgan fingerprint density at radius 1 is 1.29 bits per heavy atom. The highest BCUT2D eigenvalue weighted by molar-refractivity contribution is 7.80. The number of hydrogen-bond acceptors (Lipinski definition) is 2. The number of rotatable bonds is 3. The molecule has 1 aromatic rings. The zero-order valence-corrected chi connectivity index (χ0v) is 11.1. The number of hydrogen-bond donors (Lipinski definition) is 0. The summed E-state index contributed by atoms with van der Waals surface area (Å²) in [7, 11) is 1.70. The van der Waals surface area contributed by atoms with Crippen molar-refractivity contribution in [2.24, 2.45) is 0 Å². The lowest BCUT2D eigenvalue weighted by molar-refractivity contribution is 0.343. The summed E-state index contributed by atoms with van der Waals surface area (Å²) in [5.41, 5.74) is 1.24. The molecular weight excluding hydrogens is 230 g/mol. The van der Waals surface area contributed by atoms with Crippen molar-refractivity contribution in [2.45, 2.75) is 25.7 Å². The first kappa shape index (κ1) is 12.4. The predicted molar refractivity (Wildman–Crippen MR) is 74.7 cm³/mol. The molecule has 0 unspecified atom stereocenters. The van der Waals surface area contributed by atoms with Crippen molar-refractivity contribution in [3.8, 4) is 5.75 Å². The van der Waals surface area contributed by atoms with E-state index in [4.69, 9.17) is 17.0 Å². The number of likely N-dealkylation sites (tertiary alicyclic amines) is 1. The summed E-state index contributed by atoms with van der Waals surface area (Å²) < 4.78 is 5.23. The molecule has 1 saturated heterocycles. The van der Waals surface area contributed by atoms with E-state index < -0.39 is 0 Å². The molecule has 2 rings (SSSR count). The van der Waals surface area contributed by atoms with E-state index in [0.29, 0.717) is 0 Å². The lowest BCUT2D eigenvalue weighted by atomic mass is 10.1. The second-order valence-electron chi connectivity index (χ2n) is 4.47. The molecule has 2 nitrogen and oxygen atoms in total. The van der Waals surface area contributed by atoms with Crippen molar-refractivity contribution in [3.05, 3.63) is 29.8 Å². The van der Waals surface area contributed by atoms with E-state index >= 15 is 0 Å². The van der Waals surface area contributed by atoms with Gasteiger partial charge in [0.25, 0.3) is 0 Å². The third kappa shape index (κ3) is 3.43. The summed E-state index contributed by atoms with van der Waals surface area (Å²) in [5, 5.41) is 0. The van der Waals surface area contributed by atoms with Crippen LogP contribution in [0.5, 0.6) is 5.75 Å². The third-order valence-corrected chi connectivity index (χ3v) is 3.60. The largest absolute Gasteiger partial charge is 0.497 e. The predicted octanol–water partition coefficient (Wildman–Crippen LogP) is 3.05. The molecule has 92 valence electrons. The van der Waals surface area contributed by atoms with Crippen LogP contribution in [0.25, 0.3) is 0 Å². The first-order valence-corrected chi connectivity index (χ1v) is 6.61. The zero-order chi connectivity index (χ0) is 12.1. The fourth-order valence-electron chi connectivity index (χ4n) is 2.21. The number of piperidine rings is 1. The van der Waals surface area contributed by atoms with Crippen LogP contribution in [0.3, 0.4) is 0 Å². The lowest BCUT2D eigenvalue weighted by Crippen LogP contribution is -2.35. The summed E-state index contributed by atoms with van der Waals surface area (Å²) >= 11 is 5.52. The van der Waals surface area contributed by atoms with Crippen molar-refractivity contribution in [1.29, 1.82) is 0 Å². The monoisotopic (exact) mass is 249 g/mol. The molecule has 1 aliphatic heterocycles. The van der Waals surface area contributed by atoms with Crippen LogP contribution in [0.15, 0.2) is 24.3 Å². The van der Waals surface area contributed by atoms with Crippen LogP contribution in [-0.4, -0.2) is 30.1 Å². The molecule has 0 radical (unpaired) electrons. The van der Waals surface area contributed by atoms with Crippen molar-refractivity contribution in [1.82, 2.24) is 4.90 Å². The van der Waals surface area contributed by atoms with E-state index in [-0.39, 0.29) is 0 Å². The second-order valence-corrected chi connectivity index (χ2v) is 4.94. The van der Waals surface area contributed by atoms with Gasteiger partial charge in [0.05, 0.1) is 12.1 Å². The molecule has 0 amide bonds. The average molecular weight is 249 g/mol. The normalized spacial score (nSPS) is 15.7. The SMILES string of the molecule is COc1cccc(CC(=S)N2CCCCC2)c1. The van der Waals surface area contributed by atoms with E-state index in [1.54, 1.807) is 7.11 Å². The molecule has 1 heterocycles. The molecule has 0 atom stereocenters. The molecule has 17 heavy (non-hydrogen) atoms. The van der Waals surface area contributed by atoms with Gasteiger partial charge in [0.15, 0.2) is 0 Å². The second kappa shape index (κ2) is 6.01. The molecule has 1 aliphatic rings. The zero-order valence-electron chi connectivity index (χ0n) is 10.3. The maximum absolute atomic E-state index is 5.52. The number of benzene rings is 1. The first-order valence-electron chi connectivity index (χ1n) is 6.20. The Bertz CT molecular complexity index is 386. The van der Waals surface area contributed by atoms with Crippen molar-refractivity contribution < 1.29 is 4.74 Å². The van der Waals surface area contributed by atoms with Crippen molar-refractivity contribution in [2.75, 3.05) is 20.2 Å². The molecule has 0 aliphatic carbocycles. The van der Waals surface area contributed by atoms with E-state index in [1.165, 1.54) is 24.8 Å². The lowest BCUT2D eigenvalue weighted by Gasteiger charge is -2.29. The maximum atomic E-state index is 5.52. The summed E-state index contributed by atoms with van der Waals surface area (Å²) in [4.78, 5) is 3.41. The summed E-state index contributed by atoms with van der Waals surface area (Å²) in [5.74, 6) is 0.906. The smallest absolute Gasteiger partial charge is 0.119 e.